The van der Waals surface area contributed by atoms with Crippen LogP contribution in [0.1, 0.15) is 37.0 Å². The number of nitrogens with two attached hydrogens (primary N) is 1. The van der Waals surface area contributed by atoms with E-state index >= 15 is 0 Å². The van der Waals surface area contributed by atoms with Gasteiger partial charge < -0.3 is 11.2 Å². The van der Waals surface area contributed by atoms with E-state index in [0.29, 0.717) is 16.7 Å². The van der Waals surface area contributed by atoms with Gasteiger partial charge in [-0.2, -0.15) is 0 Å². The molecule has 0 fully saturated rings. The minimum Gasteiger partial charge on any atom is -0.335 e. The molecule has 0 aliphatic rings. The first kappa shape index (κ1) is 23.0. The van der Waals surface area contributed by atoms with Gasteiger partial charge in [0.1, 0.15) is 5.01 Å². The molecule has 2 aromatic carbocycles. The van der Waals surface area contributed by atoms with Crippen molar-refractivity contribution < 1.29 is 4.79 Å². The average molecular weight is 479 g/mol. The molecule has 0 saturated carbocycles. The molecule has 9 heteroatoms. The zero-order chi connectivity index (χ0) is 23.4. The molecule has 2 heterocycles. The van der Waals surface area contributed by atoms with Gasteiger partial charge in [-0.05, 0) is 23.1 Å². The maximum Gasteiger partial charge on any atom is 0.231 e. The van der Waals surface area contributed by atoms with E-state index in [1.807, 2.05) is 47.8 Å². The molecule has 0 atom stereocenters. The number of hydrogen-bond donors (Lipinski definition) is 2. The van der Waals surface area contributed by atoms with E-state index in [1.54, 1.807) is 0 Å². The van der Waals surface area contributed by atoms with Gasteiger partial charge in [0.05, 0.1) is 12.1 Å². The molecule has 0 spiro atoms. The Kier molecular flexibility index (Phi) is 6.80. The zero-order valence-electron chi connectivity index (χ0n) is 18.8. The summed E-state index contributed by atoms with van der Waals surface area (Å²) in [4.78, 5) is 16.8. The van der Waals surface area contributed by atoms with Crippen LogP contribution in [0.15, 0.2) is 65.1 Å². The van der Waals surface area contributed by atoms with Gasteiger partial charge in [0.2, 0.25) is 11.1 Å². The lowest BCUT2D eigenvalue weighted by Crippen LogP contribution is -2.14. The minimum atomic E-state index is -0.0847. The summed E-state index contributed by atoms with van der Waals surface area (Å²) in [5.74, 6) is 7.40. The number of nitrogens with one attached hydrogen (secondary N) is 1. The van der Waals surface area contributed by atoms with Crippen molar-refractivity contribution in [1.82, 2.24) is 19.9 Å². The van der Waals surface area contributed by atoms with Crippen LogP contribution in [0, 0.1) is 0 Å². The first-order chi connectivity index (χ1) is 15.8. The van der Waals surface area contributed by atoms with Gasteiger partial charge in [0, 0.05) is 22.4 Å². The fraction of sp³-hybridized carbons (Fsp3) is 0.250. The monoisotopic (exact) mass is 478 g/mol. The van der Waals surface area contributed by atoms with E-state index in [1.165, 1.54) is 33.3 Å². The number of carbonyl (C=O) groups is 1. The number of rotatable bonds is 7. The number of anilines is 1. The molecule has 2 aromatic heterocycles. The fourth-order valence-corrected chi connectivity index (χ4v) is 4.84. The lowest BCUT2D eigenvalue weighted by molar-refractivity contribution is -0.115. The second-order valence-electron chi connectivity index (χ2n) is 8.62. The number of thioether (sulfide) groups is 1. The molecular weight excluding hydrogens is 452 g/mol. The van der Waals surface area contributed by atoms with Gasteiger partial charge in [-0.3, -0.25) is 4.79 Å². The lowest BCUT2D eigenvalue weighted by Gasteiger charge is -2.19. The Morgan fingerprint density at radius 3 is 2.52 bits per heavy atom. The molecule has 0 bridgehead atoms. The van der Waals surface area contributed by atoms with E-state index in [9.17, 15) is 4.79 Å². The predicted octanol–water partition coefficient (Wildman–Crippen LogP) is 4.89. The van der Waals surface area contributed by atoms with E-state index in [-0.39, 0.29) is 17.7 Å². The third kappa shape index (κ3) is 5.80. The van der Waals surface area contributed by atoms with Crippen molar-refractivity contribution in [3.63, 3.8) is 0 Å². The van der Waals surface area contributed by atoms with Crippen LogP contribution in [0.5, 0.6) is 0 Å². The van der Waals surface area contributed by atoms with Crippen LogP contribution >= 0.6 is 23.1 Å². The van der Waals surface area contributed by atoms with Crippen molar-refractivity contribution in [1.29, 1.82) is 0 Å². The highest BCUT2D eigenvalue weighted by Gasteiger charge is 2.16. The van der Waals surface area contributed by atoms with Crippen molar-refractivity contribution in [3.05, 3.63) is 76.2 Å². The number of amides is 1. The summed E-state index contributed by atoms with van der Waals surface area (Å²) < 4.78 is 1.51. The smallest absolute Gasteiger partial charge is 0.231 e. The third-order valence-electron chi connectivity index (χ3n) is 4.99. The molecule has 4 rings (SSSR count). The summed E-state index contributed by atoms with van der Waals surface area (Å²) in [7, 11) is 0. The predicted molar refractivity (Wildman–Crippen MR) is 135 cm³/mol. The van der Waals surface area contributed by atoms with Crippen molar-refractivity contribution in [2.45, 2.75) is 43.5 Å². The van der Waals surface area contributed by atoms with Gasteiger partial charge in [-0.1, -0.05) is 75.0 Å². The average Bonchev–Trinajstić information content (AvgIpc) is 3.38. The Morgan fingerprint density at radius 2 is 1.82 bits per heavy atom. The molecule has 7 nitrogen and oxygen atoms in total. The van der Waals surface area contributed by atoms with Crippen molar-refractivity contribution >= 4 is 34.7 Å². The van der Waals surface area contributed by atoms with Gasteiger partial charge >= 0.3 is 0 Å². The standard InChI is InChI=1S/C24H26N6OS2/c1-24(2,3)17-11-9-16(10-12-17)22-28-29-23(30(22)25)33-15-19-14-32-21(27-19)13-20(31)26-18-7-5-4-6-8-18/h4-12,14H,13,15,25H2,1-3H3,(H,26,31). The number of nitrogens with zero attached hydrogens (tertiary/aromatic N) is 4. The number of benzene rings is 2. The van der Waals surface area contributed by atoms with Gasteiger partial charge in [0.25, 0.3) is 0 Å². The highest BCUT2D eigenvalue weighted by Crippen LogP contribution is 2.28. The van der Waals surface area contributed by atoms with Crippen LogP contribution in [0.4, 0.5) is 5.69 Å². The maximum atomic E-state index is 12.2. The molecular formula is C24H26N6OS2. The summed E-state index contributed by atoms with van der Waals surface area (Å²) in [6, 6.07) is 17.6. The molecule has 0 aliphatic carbocycles. The second-order valence-corrected chi connectivity index (χ2v) is 10.5. The molecule has 0 aliphatic heterocycles. The molecule has 1 amide bonds. The zero-order valence-corrected chi connectivity index (χ0v) is 20.4. The Labute approximate surface area is 201 Å². The Morgan fingerprint density at radius 1 is 1.09 bits per heavy atom. The third-order valence-corrected chi connectivity index (χ3v) is 6.87. The van der Waals surface area contributed by atoms with Crippen LogP contribution in [-0.4, -0.2) is 25.8 Å². The van der Waals surface area contributed by atoms with Crippen LogP contribution in [0.25, 0.3) is 11.4 Å². The molecule has 0 unspecified atom stereocenters. The number of carbonyl (C=O) groups excluding carboxylic acids is 1. The second kappa shape index (κ2) is 9.76. The largest absolute Gasteiger partial charge is 0.335 e. The number of para-hydroxylation sites is 1. The number of hydrogen-bond acceptors (Lipinski definition) is 7. The number of aromatic nitrogens is 4. The van der Waals surface area contributed by atoms with Crippen molar-refractivity contribution in [2.24, 2.45) is 0 Å². The van der Waals surface area contributed by atoms with Gasteiger partial charge in [0.15, 0.2) is 5.82 Å². The van der Waals surface area contributed by atoms with E-state index in [4.69, 9.17) is 5.84 Å². The Balaban J connectivity index is 1.35. The van der Waals surface area contributed by atoms with Crippen LogP contribution in [0.2, 0.25) is 0 Å². The normalized spacial score (nSPS) is 11.5. The Hall–Kier alpha value is -3.17. The summed E-state index contributed by atoms with van der Waals surface area (Å²) in [6.07, 6.45) is 0.242. The van der Waals surface area contributed by atoms with E-state index in [2.05, 4.69) is 53.4 Å². The van der Waals surface area contributed by atoms with Crippen molar-refractivity contribution in [2.75, 3.05) is 11.2 Å². The van der Waals surface area contributed by atoms with Gasteiger partial charge in [-0.25, -0.2) is 9.66 Å². The summed E-state index contributed by atoms with van der Waals surface area (Å²) in [5, 5.41) is 14.7. The highest BCUT2D eigenvalue weighted by atomic mass is 32.2. The lowest BCUT2D eigenvalue weighted by atomic mass is 9.87. The van der Waals surface area contributed by atoms with E-state index in [0.717, 1.165) is 22.0 Å². The quantitative estimate of drug-likeness (QED) is 0.290. The number of thiazole rings is 1. The highest BCUT2D eigenvalue weighted by molar-refractivity contribution is 7.98. The first-order valence-corrected chi connectivity index (χ1v) is 12.4. The van der Waals surface area contributed by atoms with Crippen LogP contribution in [0.3, 0.4) is 0 Å². The SMILES string of the molecule is CC(C)(C)c1ccc(-c2nnc(SCc3csc(CC(=O)Nc4ccccc4)n3)n2N)cc1. The van der Waals surface area contributed by atoms with Crippen molar-refractivity contribution in [3.8, 4) is 11.4 Å². The topological polar surface area (TPSA) is 98.7 Å². The summed E-state index contributed by atoms with van der Waals surface area (Å²) in [5.41, 5.74) is 3.92. The first-order valence-electron chi connectivity index (χ1n) is 10.5. The molecule has 0 saturated heterocycles. The molecule has 4 aromatic rings. The number of nitrogen functional groups attached to an aromatic ring is 1. The fourth-order valence-electron chi connectivity index (χ4n) is 3.19. The van der Waals surface area contributed by atoms with Crippen LogP contribution in [-0.2, 0) is 22.4 Å². The molecule has 0 radical (unpaired) electrons. The van der Waals surface area contributed by atoms with Gasteiger partial charge in [-0.15, -0.1) is 21.5 Å². The molecule has 170 valence electrons. The molecule has 33 heavy (non-hydrogen) atoms. The Bertz CT molecular complexity index is 1230. The van der Waals surface area contributed by atoms with Crippen LogP contribution < -0.4 is 11.2 Å². The summed E-state index contributed by atoms with van der Waals surface area (Å²) >= 11 is 2.94. The summed E-state index contributed by atoms with van der Waals surface area (Å²) in [6.45, 7) is 6.55. The molecule has 3 N–H and O–H groups in total. The maximum absolute atomic E-state index is 12.2. The minimum absolute atomic E-state index is 0.0847. The van der Waals surface area contributed by atoms with E-state index < -0.39 is 0 Å².